The number of hydrogen-bond donors (Lipinski definition) is 0. The molecule has 1 unspecified atom stereocenters. The number of fused-ring (bicyclic) bond motifs is 2. The Kier molecular flexibility index (Phi) is 3.73. The van der Waals surface area contributed by atoms with Gasteiger partial charge in [-0.05, 0) is 36.8 Å². The van der Waals surface area contributed by atoms with Gasteiger partial charge in [0.05, 0.1) is 11.5 Å². The van der Waals surface area contributed by atoms with Gasteiger partial charge in [0.15, 0.2) is 6.23 Å². The number of nitrogens with zero attached hydrogens (tertiary/aromatic N) is 2. The van der Waals surface area contributed by atoms with Gasteiger partial charge in [0, 0.05) is 50.5 Å². The van der Waals surface area contributed by atoms with Crippen molar-refractivity contribution in [2.24, 2.45) is 17.8 Å². The molecule has 5 fully saturated rings. The van der Waals surface area contributed by atoms with E-state index in [1.54, 1.807) is 6.92 Å². The summed E-state index contributed by atoms with van der Waals surface area (Å²) in [5.74, 6) is 0.608. The number of benzene rings is 1. The zero-order valence-electron chi connectivity index (χ0n) is 18.1. The lowest BCUT2D eigenvalue weighted by Gasteiger charge is -2.62. The zero-order valence-corrected chi connectivity index (χ0v) is 18.1. The molecular formula is C24H30N2O4. The predicted molar refractivity (Wildman–Crippen MR) is 111 cm³/mol. The Hall–Kier alpha value is -2.08. The smallest absolute Gasteiger partial charge is 0.304 e. The van der Waals surface area contributed by atoms with Crippen LogP contribution in [0.15, 0.2) is 24.3 Å². The summed E-state index contributed by atoms with van der Waals surface area (Å²) in [4.78, 5) is 29.2. The highest BCUT2D eigenvalue weighted by atomic mass is 16.6. The maximum Gasteiger partial charge on any atom is 0.304 e. The summed E-state index contributed by atoms with van der Waals surface area (Å²) in [6.07, 6.45) is 2.72. The molecule has 6 nitrogen and oxygen atoms in total. The van der Waals surface area contributed by atoms with Crippen LogP contribution in [0.4, 0.5) is 5.69 Å². The second kappa shape index (κ2) is 6.00. The highest BCUT2D eigenvalue weighted by molar-refractivity contribution is 5.70. The molecule has 5 heterocycles. The van der Waals surface area contributed by atoms with Crippen LogP contribution in [0.1, 0.15) is 45.6 Å². The molecule has 1 aromatic carbocycles. The normalized spacial score (nSPS) is 46.5. The largest absolute Gasteiger partial charge is 0.461 e. The molecule has 0 radical (unpaired) electrons. The number of para-hydroxylation sites is 1. The van der Waals surface area contributed by atoms with Gasteiger partial charge in [0.25, 0.3) is 0 Å². The average Bonchev–Trinajstić information content (AvgIpc) is 3.10. The van der Waals surface area contributed by atoms with E-state index in [1.165, 1.54) is 18.2 Å². The highest BCUT2D eigenvalue weighted by Gasteiger charge is 2.78. The summed E-state index contributed by atoms with van der Waals surface area (Å²) >= 11 is 0. The fraction of sp³-hybridized carbons (Fsp3) is 0.667. The fourth-order valence-corrected chi connectivity index (χ4v) is 8.49. The first-order chi connectivity index (χ1) is 14.4. The molecule has 5 aliphatic heterocycles. The van der Waals surface area contributed by atoms with E-state index in [-0.39, 0.29) is 35.7 Å². The van der Waals surface area contributed by atoms with E-state index in [1.807, 2.05) is 0 Å². The van der Waals surface area contributed by atoms with Crippen LogP contribution in [0.5, 0.6) is 0 Å². The molecule has 1 aliphatic carbocycles. The van der Waals surface area contributed by atoms with Crippen LogP contribution in [-0.2, 0) is 24.5 Å². The van der Waals surface area contributed by atoms with Gasteiger partial charge in [-0.25, -0.2) is 0 Å². The highest BCUT2D eigenvalue weighted by Crippen LogP contribution is 2.69. The van der Waals surface area contributed by atoms with Crippen LogP contribution in [0.2, 0.25) is 0 Å². The third-order valence-corrected chi connectivity index (χ3v) is 8.98. The molecule has 1 aromatic rings. The molecular weight excluding hydrogens is 380 g/mol. The zero-order chi connectivity index (χ0) is 20.9. The molecule has 6 aliphatic rings. The Morgan fingerprint density at radius 3 is 2.57 bits per heavy atom. The lowest BCUT2D eigenvalue weighted by molar-refractivity contribution is -0.228. The maximum atomic E-state index is 12.3. The van der Waals surface area contributed by atoms with E-state index in [4.69, 9.17) is 9.47 Å². The molecule has 0 amide bonds. The summed E-state index contributed by atoms with van der Waals surface area (Å²) in [6, 6.07) is 9.46. The number of carbonyl (C=O) groups excluding carboxylic acids is 2. The van der Waals surface area contributed by atoms with Crippen molar-refractivity contribution in [1.29, 1.82) is 0 Å². The molecule has 1 spiro atoms. The lowest BCUT2D eigenvalue weighted by atomic mass is 9.62. The Bertz CT molecular complexity index is 934. The van der Waals surface area contributed by atoms with Crippen molar-refractivity contribution in [3.05, 3.63) is 29.8 Å². The van der Waals surface area contributed by atoms with E-state index in [9.17, 15) is 9.59 Å². The maximum absolute atomic E-state index is 12.3. The predicted octanol–water partition coefficient (Wildman–Crippen LogP) is 2.70. The second-order valence-corrected chi connectivity index (χ2v) is 9.98. The van der Waals surface area contributed by atoms with E-state index in [2.05, 4.69) is 48.0 Å². The van der Waals surface area contributed by atoms with Crippen LogP contribution < -0.4 is 4.90 Å². The van der Waals surface area contributed by atoms with Gasteiger partial charge >= 0.3 is 11.9 Å². The lowest BCUT2D eigenvalue weighted by Crippen LogP contribution is -2.73. The van der Waals surface area contributed by atoms with Crippen molar-refractivity contribution in [2.45, 2.75) is 75.9 Å². The van der Waals surface area contributed by atoms with E-state index in [0.717, 1.165) is 19.3 Å². The quantitative estimate of drug-likeness (QED) is 0.714. The molecule has 10 atom stereocenters. The second-order valence-electron chi connectivity index (χ2n) is 9.98. The van der Waals surface area contributed by atoms with Crippen molar-refractivity contribution in [3.8, 4) is 0 Å². The third kappa shape index (κ3) is 1.99. The fourth-order valence-electron chi connectivity index (χ4n) is 8.49. The number of ether oxygens (including phenoxy) is 2. The molecule has 0 N–H and O–H groups in total. The first-order valence-corrected chi connectivity index (χ1v) is 11.3. The van der Waals surface area contributed by atoms with Crippen molar-refractivity contribution in [3.63, 3.8) is 0 Å². The number of anilines is 1. The van der Waals surface area contributed by atoms with E-state index in [0.29, 0.717) is 29.8 Å². The standard InChI is InChI=1S/C24H30N2O4/c1-5-14-15-10-18-21-24(16-8-6-7-9-17(16)25(21)4)11-19(20(15)22(24)29-12(2)27)26(18)23(14)30-13(3)28/h6-9,14-15,18-23H,5,10-11H2,1-4H3/t14-,15-,18-,19-,20-,21-,22+,23+,24-/m0/s1. The van der Waals surface area contributed by atoms with E-state index >= 15 is 0 Å². The third-order valence-electron chi connectivity index (χ3n) is 8.98. The first kappa shape index (κ1) is 18.7. The van der Waals surface area contributed by atoms with Gasteiger partial charge in [0.2, 0.25) is 0 Å². The van der Waals surface area contributed by atoms with Gasteiger partial charge in [-0.3, -0.25) is 14.5 Å². The van der Waals surface area contributed by atoms with Crippen LogP contribution in [-0.4, -0.2) is 54.3 Å². The number of hydrogen-bond acceptors (Lipinski definition) is 6. The van der Waals surface area contributed by atoms with Crippen molar-refractivity contribution < 1.29 is 19.1 Å². The molecule has 6 heteroatoms. The molecule has 4 saturated heterocycles. The van der Waals surface area contributed by atoms with E-state index < -0.39 is 0 Å². The van der Waals surface area contributed by atoms with Gasteiger partial charge < -0.3 is 14.4 Å². The number of carbonyl (C=O) groups is 2. The molecule has 1 saturated carbocycles. The number of piperidine rings is 4. The van der Waals surface area contributed by atoms with Gasteiger partial charge in [-0.2, -0.15) is 0 Å². The van der Waals surface area contributed by atoms with Crippen LogP contribution in [0, 0.1) is 17.8 Å². The van der Waals surface area contributed by atoms with Crippen LogP contribution in [0.25, 0.3) is 0 Å². The Morgan fingerprint density at radius 2 is 1.87 bits per heavy atom. The Labute approximate surface area is 177 Å². The molecule has 160 valence electrons. The van der Waals surface area contributed by atoms with Crippen molar-refractivity contribution in [2.75, 3.05) is 11.9 Å². The Morgan fingerprint density at radius 1 is 1.13 bits per heavy atom. The molecule has 30 heavy (non-hydrogen) atoms. The molecule has 0 aromatic heterocycles. The van der Waals surface area contributed by atoms with Gasteiger partial charge in [-0.1, -0.05) is 25.1 Å². The number of likely N-dealkylation sites (N-methyl/N-ethyl adjacent to an activating group) is 1. The van der Waals surface area contributed by atoms with Gasteiger partial charge in [0.1, 0.15) is 6.10 Å². The summed E-state index contributed by atoms with van der Waals surface area (Å²) < 4.78 is 12.2. The summed E-state index contributed by atoms with van der Waals surface area (Å²) in [6.45, 7) is 5.26. The minimum atomic E-state index is -0.203. The SMILES string of the molecule is CC[C@H]1[C@@H]2C[C@H]3[C@@H]4N(C)c5ccccc5[C@@]45C[C@@H]([C@H]2[C@H]5OC(C)=O)N3[C@@H]1OC(C)=O. The topological polar surface area (TPSA) is 59.1 Å². The first-order valence-electron chi connectivity index (χ1n) is 11.3. The van der Waals surface area contributed by atoms with Crippen LogP contribution >= 0.6 is 0 Å². The summed E-state index contributed by atoms with van der Waals surface area (Å²) in [5.41, 5.74) is 2.41. The van der Waals surface area contributed by atoms with Crippen LogP contribution in [0.3, 0.4) is 0 Å². The number of esters is 2. The minimum absolute atomic E-state index is 0.122. The van der Waals surface area contributed by atoms with Crippen molar-refractivity contribution >= 4 is 17.6 Å². The molecule has 7 rings (SSSR count). The summed E-state index contributed by atoms with van der Waals surface area (Å²) in [7, 11) is 2.18. The number of rotatable bonds is 3. The summed E-state index contributed by atoms with van der Waals surface area (Å²) in [5, 5.41) is 0. The Balaban J connectivity index is 1.56. The van der Waals surface area contributed by atoms with Crippen molar-refractivity contribution in [1.82, 2.24) is 4.90 Å². The average molecular weight is 411 g/mol. The monoisotopic (exact) mass is 410 g/mol. The molecule has 5 bridgehead atoms. The van der Waals surface area contributed by atoms with Gasteiger partial charge in [-0.15, -0.1) is 0 Å². The minimum Gasteiger partial charge on any atom is -0.461 e.